The second kappa shape index (κ2) is 8.35. The van der Waals surface area contributed by atoms with Crippen molar-refractivity contribution in [1.82, 2.24) is 0 Å². The Labute approximate surface area is 173 Å². The Balaban J connectivity index is 1.66. The molecular formula is C18H12Cl3NO4S. The van der Waals surface area contributed by atoms with Gasteiger partial charge in [0.05, 0.1) is 17.2 Å². The van der Waals surface area contributed by atoms with Gasteiger partial charge in [-0.2, -0.15) is 0 Å². The van der Waals surface area contributed by atoms with Crippen LogP contribution in [0.25, 0.3) is 10.1 Å². The first-order chi connectivity index (χ1) is 12.9. The van der Waals surface area contributed by atoms with Crippen LogP contribution in [0.1, 0.15) is 9.67 Å². The molecule has 0 unspecified atom stereocenters. The molecule has 3 rings (SSSR count). The third-order valence-corrected chi connectivity index (χ3v) is 5.67. The molecule has 0 radical (unpaired) electrons. The highest BCUT2D eigenvalue weighted by Gasteiger charge is 2.21. The van der Waals surface area contributed by atoms with E-state index >= 15 is 0 Å². The molecule has 0 spiro atoms. The number of benzene rings is 2. The van der Waals surface area contributed by atoms with E-state index in [0.717, 1.165) is 11.3 Å². The lowest BCUT2D eigenvalue weighted by Gasteiger charge is -2.07. The molecule has 1 N–H and O–H groups in total. The maximum Gasteiger partial charge on any atom is 0.350 e. The molecule has 1 amide bonds. The van der Waals surface area contributed by atoms with Crippen LogP contribution in [0.5, 0.6) is 5.75 Å². The van der Waals surface area contributed by atoms with Crippen LogP contribution in [-0.2, 0) is 9.53 Å². The number of anilines is 1. The van der Waals surface area contributed by atoms with E-state index in [4.69, 9.17) is 44.3 Å². The average Bonchev–Trinajstić information content (AvgIpc) is 2.97. The van der Waals surface area contributed by atoms with Gasteiger partial charge in [0, 0.05) is 20.8 Å². The van der Waals surface area contributed by atoms with Crippen molar-refractivity contribution >= 4 is 73.8 Å². The van der Waals surface area contributed by atoms with Gasteiger partial charge >= 0.3 is 5.97 Å². The zero-order chi connectivity index (χ0) is 19.6. The fraction of sp³-hybridized carbons (Fsp3) is 0.111. The molecule has 3 aromatic rings. The molecule has 0 saturated carbocycles. The number of methoxy groups -OCH3 is 1. The summed E-state index contributed by atoms with van der Waals surface area (Å²) in [5, 5.41) is 4.10. The van der Waals surface area contributed by atoms with Crippen LogP contribution in [0.3, 0.4) is 0 Å². The Morgan fingerprint density at radius 1 is 1.11 bits per heavy atom. The lowest BCUT2D eigenvalue weighted by Crippen LogP contribution is -2.20. The van der Waals surface area contributed by atoms with Gasteiger partial charge < -0.3 is 14.8 Å². The van der Waals surface area contributed by atoms with Crippen molar-refractivity contribution in [2.24, 2.45) is 0 Å². The number of nitrogens with one attached hydrogen (secondary N) is 1. The fourth-order valence-electron chi connectivity index (χ4n) is 2.31. The molecular weight excluding hydrogens is 433 g/mol. The van der Waals surface area contributed by atoms with E-state index in [1.807, 2.05) is 0 Å². The van der Waals surface area contributed by atoms with Gasteiger partial charge in [-0.3, -0.25) is 4.79 Å². The monoisotopic (exact) mass is 443 g/mol. The summed E-state index contributed by atoms with van der Waals surface area (Å²) < 4.78 is 10.8. The predicted molar refractivity (Wildman–Crippen MR) is 109 cm³/mol. The minimum absolute atomic E-state index is 0.160. The van der Waals surface area contributed by atoms with E-state index in [-0.39, 0.29) is 9.90 Å². The molecule has 0 aliphatic carbocycles. The Morgan fingerprint density at radius 3 is 2.48 bits per heavy atom. The highest BCUT2D eigenvalue weighted by molar-refractivity contribution is 7.21. The summed E-state index contributed by atoms with van der Waals surface area (Å²) in [6.45, 7) is -0.454. The number of rotatable bonds is 5. The number of fused-ring (bicyclic) bond motifs is 1. The molecule has 9 heteroatoms. The first-order valence-corrected chi connectivity index (χ1v) is 9.52. The van der Waals surface area contributed by atoms with Crippen LogP contribution in [0.15, 0.2) is 36.4 Å². The predicted octanol–water partition coefficient (Wildman–Crippen LogP) is 5.67. The van der Waals surface area contributed by atoms with E-state index < -0.39 is 18.5 Å². The van der Waals surface area contributed by atoms with Crippen molar-refractivity contribution in [3.05, 3.63) is 56.3 Å². The zero-order valence-corrected chi connectivity index (χ0v) is 16.9. The smallest absolute Gasteiger partial charge is 0.350 e. The van der Waals surface area contributed by atoms with E-state index in [2.05, 4.69) is 5.32 Å². The number of ether oxygens (including phenoxy) is 2. The van der Waals surface area contributed by atoms with Crippen LogP contribution >= 0.6 is 46.1 Å². The zero-order valence-electron chi connectivity index (χ0n) is 13.8. The van der Waals surface area contributed by atoms with Gasteiger partial charge in [-0.25, -0.2) is 4.79 Å². The quantitative estimate of drug-likeness (QED) is 0.515. The summed E-state index contributed by atoms with van der Waals surface area (Å²) in [6, 6.07) is 9.95. The first kappa shape index (κ1) is 19.8. The summed E-state index contributed by atoms with van der Waals surface area (Å²) in [4.78, 5) is 24.4. The summed E-state index contributed by atoms with van der Waals surface area (Å²) in [5.74, 6) is -0.525. The summed E-state index contributed by atoms with van der Waals surface area (Å²) in [6.07, 6.45) is 0. The average molecular weight is 445 g/mol. The first-order valence-electron chi connectivity index (χ1n) is 7.57. The maximum absolute atomic E-state index is 12.3. The lowest BCUT2D eigenvalue weighted by molar-refractivity contribution is -0.119. The highest BCUT2D eigenvalue weighted by Crippen LogP contribution is 2.41. The van der Waals surface area contributed by atoms with Crippen molar-refractivity contribution in [3.8, 4) is 5.75 Å². The number of esters is 1. The van der Waals surface area contributed by atoms with Gasteiger partial charge in [0.15, 0.2) is 6.61 Å². The van der Waals surface area contributed by atoms with Crippen LogP contribution in [-0.4, -0.2) is 25.6 Å². The molecule has 140 valence electrons. The van der Waals surface area contributed by atoms with Gasteiger partial charge in [0.2, 0.25) is 0 Å². The molecule has 5 nitrogen and oxygen atoms in total. The topological polar surface area (TPSA) is 64.6 Å². The van der Waals surface area contributed by atoms with Crippen molar-refractivity contribution in [3.63, 3.8) is 0 Å². The lowest BCUT2D eigenvalue weighted by atomic mass is 10.2. The van der Waals surface area contributed by atoms with E-state index in [1.54, 1.807) is 43.5 Å². The molecule has 0 fully saturated rings. The summed E-state index contributed by atoms with van der Waals surface area (Å²) in [7, 11) is 1.55. The summed E-state index contributed by atoms with van der Waals surface area (Å²) >= 11 is 19.5. The van der Waals surface area contributed by atoms with Crippen LogP contribution in [0.2, 0.25) is 15.1 Å². The Hall–Kier alpha value is -1.99. The number of carbonyl (C=O) groups is 2. The van der Waals surface area contributed by atoms with Gasteiger partial charge in [0.25, 0.3) is 5.91 Å². The Bertz CT molecular complexity index is 1020. The van der Waals surface area contributed by atoms with E-state index in [1.165, 1.54) is 0 Å². The molecule has 0 saturated heterocycles. The van der Waals surface area contributed by atoms with Crippen LogP contribution in [0, 0.1) is 0 Å². The molecule has 0 bridgehead atoms. The third kappa shape index (κ3) is 4.47. The minimum Gasteiger partial charge on any atom is -0.497 e. The van der Waals surface area contributed by atoms with Gasteiger partial charge in [-0.15, -0.1) is 11.3 Å². The molecule has 0 aliphatic rings. The number of amides is 1. The number of carbonyl (C=O) groups excluding carboxylic acids is 2. The number of thiophene rings is 1. The van der Waals surface area contributed by atoms with Crippen molar-refractivity contribution < 1.29 is 19.1 Å². The number of hydrogen-bond donors (Lipinski definition) is 1. The molecule has 27 heavy (non-hydrogen) atoms. The van der Waals surface area contributed by atoms with Gasteiger partial charge in [-0.1, -0.05) is 34.8 Å². The number of hydrogen-bond acceptors (Lipinski definition) is 5. The number of halogens is 3. The fourth-order valence-corrected chi connectivity index (χ4v) is 4.57. The SMILES string of the molecule is COc1ccc(NC(=O)COC(=O)c2sc3cc(Cl)cc(Cl)c3c2Cl)cc1. The third-order valence-electron chi connectivity index (χ3n) is 3.54. The van der Waals surface area contributed by atoms with Crippen molar-refractivity contribution in [2.75, 3.05) is 19.0 Å². The standard InChI is InChI=1S/C18H12Cl3NO4S/c1-25-11-4-2-10(3-5-11)22-14(23)8-26-18(24)17-16(21)15-12(20)6-9(19)7-13(15)27-17/h2-7H,8H2,1H3,(H,22,23). The Morgan fingerprint density at radius 2 is 1.81 bits per heavy atom. The van der Waals surface area contributed by atoms with Crippen LogP contribution < -0.4 is 10.1 Å². The van der Waals surface area contributed by atoms with E-state index in [0.29, 0.717) is 31.6 Å². The van der Waals surface area contributed by atoms with E-state index in [9.17, 15) is 9.59 Å². The second-order valence-electron chi connectivity index (χ2n) is 5.36. The summed E-state index contributed by atoms with van der Waals surface area (Å²) in [5.41, 5.74) is 0.554. The molecule has 2 aromatic carbocycles. The Kier molecular flexibility index (Phi) is 6.11. The van der Waals surface area contributed by atoms with Gasteiger partial charge in [-0.05, 0) is 36.4 Å². The molecule has 1 aromatic heterocycles. The van der Waals surface area contributed by atoms with Crippen molar-refractivity contribution in [1.29, 1.82) is 0 Å². The molecule has 0 aliphatic heterocycles. The second-order valence-corrected chi connectivity index (χ2v) is 7.63. The minimum atomic E-state index is -0.710. The largest absolute Gasteiger partial charge is 0.497 e. The van der Waals surface area contributed by atoms with Gasteiger partial charge in [0.1, 0.15) is 10.6 Å². The molecule has 0 atom stereocenters. The normalized spacial score (nSPS) is 10.7. The maximum atomic E-state index is 12.3. The highest BCUT2D eigenvalue weighted by atomic mass is 35.5. The van der Waals surface area contributed by atoms with Crippen LogP contribution in [0.4, 0.5) is 5.69 Å². The molecule has 1 heterocycles. The van der Waals surface area contributed by atoms with Crippen molar-refractivity contribution in [2.45, 2.75) is 0 Å².